The second-order valence-electron chi connectivity index (χ2n) is 17.4. The van der Waals surface area contributed by atoms with E-state index in [0.717, 1.165) is 5.56 Å². The van der Waals surface area contributed by atoms with Gasteiger partial charge in [-0.3, -0.25) is 33.6 Å². The van der Waals surface area contributed by atoms with Crippen molar-refractivity contribution < 1.29 is 41.9 Å². The molecule has 3 rings (SSSR count). The molecule has 16 heteroatoms. The summed E-state index contributed by atoms with van der Waals surface area (Å²) in [5.41, 5.74) is 0.740. The lowest BCUT2D eigenvalue weighted by atomic mass is 9.89. The number of likely N-dealkylation sites (N-methyl/N-ethyl adjacent to an activating group) is 2. The molecule has 1 aromatic rings. The van der Waals surface area contributed by atoms with E-state index in [0.29, 0.717) is 38.6 Å². The monoisotopic (exact) mass is 849 g/mol. The van der Waals surface area contributed by atoms with Gasteiger partial charge in [-0.05, 0) is 63.1 Å². The predicted octanol–water partition coefficient (Wildman–Crippen LogP) is 2.97. The fourth-order valence-corrected chi connectivity index (χ4v) is 9.79. The number of ether oxygens (including phenoxy) is 2. The zero-order valence-electron chi connectivity index (χ0n) is 37.4. The summed E-state index contributed by atoms with van der Waals surface area (Å²) in [6.07, 6.45) is 1.50. The van der Waals surface area contributed by atoms with Crippen LogP contribution in [0.15, 0.2) is 30.3 Å². The van der Waals surface area contributed by atoms with Crippen LogP contribution in [0.25, 0.3) is 0 Å². The molecule has 0 aromatic heterocycles. The lowest BCUT2D eigenvalue weighted by Crippen LogP contribution is -2.59. The largest absolute Gasteiger partial charge is 0.379 e. The van der Waals surface area contributed by atoms with Crippen molar-refractivity contribution in [3.05, 3.63) is 35.9 Å². The van der Waals surface area contributed by atoms with Crippen LogP contribution in [0.1, 0.15) is 92.6 Å². The molecular weight excluding hydrogens is 777 g/mol. The summed E-state index contributed by atoms with van der Waals surface area (Å²) < 4.78 is 39.5. The first-order valence-corrected chi connectivity index (χ1v) is 22.7. The van der Waals surface area contributed by atoms with Crippen LogP contribution in [0.2, 0.25) is 0 Å². The topological polar surface area (TPSA) is 184 Å². The Morgan fingerprint density at radius 1 is 0.847 bits per heavy atom. The molecule has 3 N–H and O–H groups in total. The number of likely N-dealkylation sites (tertiary alicyclic amines) is 1. The molecule has 2 aliphatic rings. The van der Waals surface area contributed by atoms with Gasteiger partial charge in [-0.2, -0.15) is 0 Å². The number of amides is 5. The van der Waals surface area contributed by atoms with Crippen molar-refractivity contribution in [2.24, 2.45) is 23.7 Å². The number of nitrogens with one attached hydrogen (secondary N) is 3. The summed E-state index contributed by atoms with van der Waals surface area (Å²) in [6, 6.07) is 5.64. The third kappa shape index (κ3) is 13.2. The summed E-state index contributed by atoms with van der Waals surface area (Å²) in [4.78, 5) is 74.6. The predicted molar refractivity (Wildman–Crippen MR) is 227 cm³/mol. The van der Waals surface area contributed by atoms with Gasteiger partial charge in [0.2, 0.25) is 33.7 Å². The van der Waals surface area contributed by atoms with Crippen molar-refractivity contribution in [3.63, 3.8) is 0 Å². The number of hydrogen-bond donors (Lipinski definition) is 3. The van der Waals surface area contributed by atoms with E-state index in [1.165, 1.54) is 14.2 Å². The van der Waals surface area contributed by atoms with Crippen LogP contribution < -0.4 is 15.4 Å². The number of carbonyl (C=O) groups is 5. The molecule has 1 aromatic carbocycles. The van der Waals surface area contributed by atoms with E-state index in [2.05, 4.69) is 15.4 Å². The quantitative estimate of drug-likeness (QED) is 0.148. The van der Waals surface area contributed by atoms with Gasteiger partial charge in [0.25, 0.3) is 5.91 Å². The molecule has 0 bridgehead atoms. The van der Waals surface area contributed by atoms with Gasteiger partial charge in [0.1, 0.15) is 12.1 Å². The Bertz CT molecular complexity index is 1660. The summed E-state index contributed by atoms with van der Waals surface area (Å²) >= 11 is 0. The van der Waals surface area contributed by atoms with E-state index >= 15 is 0 Å². The first kappa shape index (κ1) is 49.8. The maximum absolute atomic E-state index is 14.3. The van der Waals surface area contributed by atoms with Gasteiger partial charge in [0.15, 0.2) is 0 Å². The molecule has 1 saturated carbocycles. The molecule has 0 radical (unpaired) electrons. The Morgan fingerprint density at radius 3 is 1.98 bits per heavy atom. The van der Waals surface area contributed by atoms with Crippen LogP contribution in [-0.2, 0) is 49.9 Å². The van der Waals surface area contributed by atoms with E-state index in [1.807, 2.05) is 66.6 Å². The number of rotatable bonds is 23. The van der Waals surface area contributed by atoms with Crippen molar-refractivity contribution in [1.82, 2.24) is 30.1 Å². The van der Waals surface area contributed by atoms with E-state index in [1.54, 1.807) is 48.0 Å². The SMILES string of the molecule is CC[C@H](C)C([C@@H](CC(=O)N1CCC[C@H]1[C@H](OC)[C@@H](C)C(=O)N[C@@H](Cc1ccccc1)C(=O)NS(=O)(=O)C1CC1)OC)N(C)C(=O)[C@@H](NC(=O)C(C(C)C)N(C)C)C(C)C. The third-order valence-corrected chi connectivity index (χ3v) is 13.9. The highest BCUT2D eigenvalue weighted by Gasteiger charge is 2.44. The number of methoxy groups -OCH3 is 2. The van der Waals surface area contributed by atoms with Crippen molar-refractivity contribution in [2.75, 3.05) is 41.9 Å². The van der Waals surface area contributed by atoms with Crippen LogP contribution in [0.5, 0.6) is 0 Å². The standard InChI is InChI=1S/C43H72N6O9S/c1-13-28(6)38(48(10)43(54)36(26(2)3)45-42(53)37(27(4)5)47(8)9)34(57-11)25-35(50)49-23-17-20-33(49)39(58-12)29(7)40(51)44-32(24-30-18-15-14-16-19-30)41(52)46-59(55,56)31-21-22-31/h14-16,18-19,26-29,31-34,36-39H,13,17,20-25H2,1-12H3,(H,44,51)(H,45,53)(H,46,52)/t28-,29+,32-,33-,34+,36-,37?,38?,39+/m0/s1. The number of nitrogens with zero attached hydrogens (tertiary/aromatic N) is 3. The van der Waals surface area contributed by atoms with E-state index < -0.39 is 75.4 Å². The Kier molecular flexibility index (Phi) is 18.8. The van der Waals surface area contributed by atoms with E-state index in [9.17, 15) is 32.4 Å². The van der Waals surface area contributed by atoms with Crippen molar-refractivity contribution in [1.29, 1.82) is 0 Å². The molecule has 5 amide bonds. The average Bonchev–Trinajstić information content (AvgIpc) is 3.94. The van der Waals surface area contributed by atoms with Gasteiger partial charge in [-0.25, -0.2) is 8.42 Å². The van der Waals surface area contributed by atoms with Crippen molar-refractivity contribution in [3.8, 4) is 0 Å². The van der Waals surface area contributed by atoms with Gasteiger partial charge in [0, 0.05) is 34.2 Å². The molecule has 334 valence electrons. The number of hydrogen-bond acceptors (Lipinski definition) is 10. The van der Waals surface area contributed by atoms with E-state index in [4.69, 9.17) is 9.47 Å². The lowest BCUT2D eigenvalue weighted by molar-refractivity contribution is -0.148. The van der Waals surface area contributed by atoms with Crippen LogP contribution in [0, 0.1) is 23.7 Å². The molecule has 15 nitrogen and oxygen atoms in total. The van der Waals surface area contributed by atoms with Crippen LogP contribution in [-0.4, -0.2) is 142 Å². The highest BCUT2D eigenvalue weighted by atomic mass is 32.2. The van der Waals surface area contributed by atoms with Crippen LogP contribution in [0.4, 0.5) is 0 Å². The van der Waals surface area contributed by atoms with Crippen LogP contribution in [0.3, 0.4) is 0 Å². The minimum absolute atomic E-state index is 0.0210. The second-order valence-corrected chi connectivity index (χ2v) is 19.4. The summed E-state index contributed by atoms with van der Waals surface area (Å²) in [7, 11) is 4.54. The smallest absolute Gasteiger partial charge is 0.256 e. The van der Waals surface area contributed by atoms with Crippen LogP contribution >= 0.6 is 0 Å². The van der Waals surface area contributed by atoms with Gasteiger partial charge < -0.3 is 29.9 Å². The number of carbonyl (C=O) groups excluding carboxylic acids is 5. The molecule has 1 aliphatic carbocycles. The molecule has 1 aliphatic heterocycles. The molecule has 9 atom stereocenters. The molecule has 2 fully saturated rings. The normalized spacial score (nSPS) is 20.0. The maximum atomic E-state index is 14.3. The van der Waals surface area contributed by atoms with Gasteiger partial charge >= 0.3 is 0 Å². The number of sulfonamides is 1. The maximum Gasteiger partial charge on any atom is 0.256 e. The minimum Gasteiger partial charge on any atom is -0.379 e. The zero-order chi connectivity index (χ0) is 44.4. The Morgan fingerprint density at radius 2 is 1.47 bits per heavy atom. The Hall–Kier alpha value is -3.60. The third-order valence-electron chi connectivity index (χ3n) is 12.1. The van der Waals surface area contributed by atoms with Crippen molar-refractivity contribution in [2.45, 2.75) is 141 Å². The zero-order valence-corrected chi connectivity index (χ0v) is 38.2. The van der Waals surface area contributed by atoms with Crippen molar-refractivity contribution >= 4 is 39.6 Å². The first-order chi connectivity index (χ1) is 27.7. The second kappa shape index (κ2) is 22.3. The lowest BCUT2D eigenvalue weighted by Gasteiger charge is -2.41. The summed E-state index contributed by atoms with van der Waals surface area (Å²) in [5.74, 6) is -3.12. The highest BCUT2D eigenvalue weighted by molar-refractivity contribution is 7.90. The van der Waals surface area contributed by atoms with Gasteiger partial charge in [-0.15, -0.1) is 0 Å². The highest BCUT2D eigenvalue weighted by Crippen LogP contribution is 2.30. The number of benzene rings is 1. The van der Waals surface area contributed by atoms with E-state index in [-0.39, 0.29) is 48.3 Å². The van der Waals surface area contributed by atoms with Gasteiger partial charge in [-0.1, -0.05) is 85.2 Å². The Balaban J connectivity index is 1.80. The first-order valence-electron chi connectivity index (χ1n) is 21.2. The molecular formula is C43H72N6O9S. The molecule has 0 spiro atoms. The fourth-order valence-electron chi connectivity index (χ4n) is 8.45. The average molecular weight is 849 g/mol. The molecule has 1 heterocycles. The summed E-state index contributed by atoms with van der Waals surface area (Å²) in [6.45, 7) is 13.9. The molecule has 2 unspecified atom stereocenters. The Labute approximate surface area is 353 Å². The molecule has 59 heavy (non-hydrogen) atoms. The van der Waals surface area contributed by atoms with Gasteiger partial charge in [0.05, 0.1) is 47.9 Å². The summed E-state index contributed by atoms with van der Waals surface area (Å²) in [5, 5.41) is 5.20. The minimum atomic E-state index is -3.86. The fraction of sp³-hybridized carbons (Fsp3) is 0.744. The molecule has 1 saturated heterocycles.